The smallest absolute Gasteiger partial charge is 0.161 e. The van der Waals surface area contributed by atoms with Crippen LogP contribution in [0.2, 0.25) is 0 Å². The second kappa shape index (κ2) is 6.82. The lowest BCUT2D eigenvalue weighted by Gasteiger charge is -2.05. The van der Waals surface area contributed by atoms with Crippen LogP contribution < -0.4 is 5.32 Å². The molecule has 138 valence electrons. The van der Waals surface area contributed by atoms with Crippen molar-refractivity contribution in [2.45, 2.75) is 13.5 Å². The average molecular weight is 370 g/mol. The Morgan fingerprint density at radius 3 is 2.86 bits per heavy atom. The Balaban J connectivity index is 1.58. The number of nitrogens with one attached hydrogen (secondary N) is 3. The Morgan fingerprint density at radius 2 is 1.96 bits per heavy atom. The van der Waals surface area contributed by atoms with E-state index in [1.54, 1.807) is 6.20 Å². The minimum absolute atomic E-state index is 0.665. The summed E-state index contributed by atoms with van der Waals surface area (Å²) >= 11 is 0. The zero-order valence-electron chi connectivity index (χ0n) is 15.3. The molecule has 0 radical (unpaired) electrons. The molecule has 0 aliphatic heterocycles. The van der Waals surface area contributed by atoms with Crippen molar-refractivity contribution in [3.05, 3.63) is 54.6 Å². The largest absolute Gasteiger partial charge is 0.321 e. The Bertz CT molecular complexity index is 1240. The van der Waals surface area contributed by atoms with E-state index in [9.17, 15) is 0 Å². The maximum Gasteiger partial charge on any atom is 0.161 e. The quantitative estimate of drug-likeness (QED) is 0.439. The third-order valence-corrected chi connectivity index (χ3v) is 4.60. The van der Waals surface area contributed by atoms with Gasteiger partial charge in [0.05, 0.1) is 5.39 Å². The van der Waals surface area contributed by atoms with Crippen molar-refractivity contribution >= 4 is 22.2 Å². The molecule has 0 spiro atoms. The lowest BCUT2D eigenvalue weighted by atomic mass is 10.1. The summed E-state index contributed by atoms with van der Waals surface area (Å²) in [7, 11) is 0. The molecule has 0 saturated heterocycles. The van der Waals surface area contributed by atoms with Gasteiger partial charge in [-0.25, -0.2) is 15.0 Å². The van der Waals surface area contributed by atoms with Gasteiger partial charge in [-0.2, -0.15) is 5.10 Å². The van der Waals surface area contributed by atoms with Crippen LogP contribution in [0.15, 0.2) is 49.1 Å². The highest BCUT2D eigenvalue weighted by molar-refractivity contribution is 5.93. The van der Waals surface area contributed by atoms with E-state index >= 15 is 0 Å². The van der Waals surface area contributed by atoms with Crippen molar-refractivity contribution in [3.63, 3.8) is 0 Å². The van der Waals surface area contributed by atoms with Crippen molar-refractivity contribution in [3.8, 4) is 22.6 Å². The molecule has 0 atom stereocenters. The summed E-state index contributed by atoms with van der Waals surface area (Å²) in [5, 5.41) is 11.6. The molecule has 0 aliphatic carbocycles. The van der Waals surface area contributed by atoms with Crippen LogP contribution >= 0.6 is 0 Å². The van der Waals surface area contributed by atoms with E-state index < -0.39 is 0 Å². The molecule has 5 heterocycles. The van der Waals surface area contributed by atoms with Gasteiger partial charge in [-0.05, 0) is 36.4 Å². The number of aromatic nitrogens is 7. The molecule has 0 amide bonds. The van der Waals surface area contributed by atoms with Crippen molar-refractivity contribution in [1.29, 1.82) is 0 Å². The molecule has 5 aromatic rings. The zero-order valence-corrected chi connectivity index (χ0v) is 15.3. The minimum Gasteiger partial charge on any atom is -0.321 e. The fourth-order valence-electron chi connectivity index (χ4n) is 3.21. The van der Waals surface area contributed by atoms with Gasteiger partial charge in [-0.15, -0.1) is 0 Å². The standard InChI is InChI=1S/C20H18N8/c1-2-21-8-12-6-13(10-22-9-12)14-7-15-17(27-28-18(15)24-11-14)20-25-16-4-3-5-23-19(16)26-20/h3-7,9-11,21H,2,8H2,1H3,(H,23,25,26)(H,24,27,28). The highest BCUT2D eigenvalue weighted by Gasteiger charge is 2.15. The average Bonchev–Trinajstić information content (AvgIpc) is 3.35. The highest BCUT2D eigenvalue weighted by atomic mass is 15.2. The molecule has 8 nitrogen and oxygen atoms in total. The van der Waals surface area contributed by atoms with E-state index in [0.29, 0.717) is 11.5 Å². The first-order valence-corrected chi connectivity index (χ1v) is 9.12. The van der Waals surface area contributed by atoms with Crippen LogP contribution in [0.3, 0.4) is 0 Å². The van der Waals surface area contributed by atoms with Crippen LogP contribution in [0.1, 0.15) is 12.5 Å². The predicted molar refractivity (Wildman–Crippen MR) is 107 cm³/mol. The number of H-pyrrole nitrogens is 2. The summed E-state index contributed by atoms with van der Waals surface area (Å²) in [5.74, 6) is 0.665. The van der Waals surface area contributed by atoms with Crippen LogP contribution in [0.4, 0.5) is 0 Å². The fraction of sp³-hybridized carbons (Fsp3) is 0.150. The second-order valence-electron chi connectivity index (χ2n) is 6.51. The summed E-state index contributed by atoms with van der Waals surface area (Å²) in [6.45, 7) is 3.79. The van der Waals surface area contributed by atoms with Gasteiger partial charge < -0.3 is 10.3 Å². The van der Waals surface area contributed by atoms with Gasteiger partial charge in [0.2, 0.25) is 0 Å². The van der Waals surface area contributed by atoms with E-state index in [4.69, 9.17) is 0 Å². The van der Waals surface area contributed by atoms with Gasteiger partial charge >= 0.3 is 0 Å². The maximum atomic E-state index is 4.61. The first-order chi connectivity index (χ1) is 13.8. The molecule has 28 heavy (non-hydrogen) atoms. The number of rotatable bonds is 5. The van der Waals surface area contributed by atoms with Gasteiger partial charge in [0.1, 0.15) is 11.2 Å². The van der Waals surface area contributed by atoms with Crippen molar-refractivity contribution in [2.24, 2.45) is 0 Å². The number of nitrogens with zero attached hydrogens (tertiary/aromatic N) is 5. The minimum atomic E-state index is 0.665. The predicted octanol–water partition coefficient (Wildman–Crippen LogP) is 3.07. The number of pyridine rings is 3. The monoisotopic (exact) mass is 370 g/mol. The van der Waals surface area contributed by atoms with Crippen molar-refractivity contribution in [2.75, 3.05) is 6.54 Å². The first-order valence-electron chi connectivity index (χ1n) is 9.12. The van der Waals surface area contributed by atoms with E-state index in [1.165, 1.54) is 0 Å². The lowest BCUT2D eigenvalue weighted by molar-refractivity contribution is 0.724. The summed E-state index contributed by atoms with van der Waals surface area (Å²) in [6, 6.07) is 7.98. The van der Waals surface area contributed by atoms with Gasteiger partial charge in [-0.3, -0.25) is 10.1 Å². The number of hydrogen-bond donors (Lipinski definition) is 3. The molecule has 0 aromatic carbocycles. The topological polar surface area (TPSA) is 108 Å². The number of imidazole rings is 1. The summed E-state index contributed by atoms with van der Waals surface area (Å²) in [4.78, 5) is 21.0. The van der Waals surface area contributed by atoms with E-state index in [2.05, 4.69) is 59.5 Å². The Hall–Kier alpha value is -3.65. The van der Waals surface area contributed by atoms with E-state index in [0.717, 1.165) is 52.0 Å². The van der Waals surface area contributed by atoms with Crippen LogP contribution in [0, 0.1) is 0 Å². The van der Waals surface area contributed by atoms with Gasteiger partial charge in [0.15, 0.2) is 17.1 Å². The van der Waals surface area contributed by atoms with Crippen LogP contribution in [0.5, 0.6) is 0 Å². The number of aromatic amines is 2. The molecule has 8 heteroatoms. The second-order valence-corrected chi connectivity index (χ2v) is 6.51. The molecule has 5 rings (SSSR count). The van der Waals surface area contributed by atoms with Crippen molar-refractivity contribution in [1.82, 2.24) is 40.4 Å². The highest BCUT2D eigenvalue weighted by Crippen LogP contribution is 2.28. The molecular weight excluding hydrogens is 352 g/mol. The fourth-order valence-corrected chi connectivity index (χ4v) is 3.21. The summed E-state index contributed by atoms with van der Waals surface area (Å²) in [6.07, 6.45) is 7.30. The molecular formula is C20H18N8. The summed E-state index contributed by atoms with van der Waals surface area (Å²) < 4.78 is 0. The van der Waals surface area contributed by atoms with Gasteiger partial charge in [0, 0.05) is 42.5 Å². The van der Waals surface area contributed by atoms with Crippen molar-refractivity contribution < 1.29 is 0 Å². The maximum absolute atomic E-state index is 4.61. The first kappa shape index (κ1) is 16.5. The zero-order chi connectivity index (χ0) is 18.9. The number of hydrogen-bond acceptors (Lipinski definition) is 6. The Labute approximate surface area is 160 Å². The van der Waals surface area contributed by atoms with Gasteiger partial charge in [0.25, 0.3) is 0 Å². The summed E-state index contributed by atoms with van der Waals surface area (Å²) in [5.41, 5.74) is 6.10. The van der Waals surface area contributed by atoms with E-state index in [1.807, 2.05) is 30.7 Å². The lowest BCUT2D eigenvalue weighted by Crippen LogP contribution is -2.11. The Morgan fingerprint density at radius 1 is 1.04 bits per heavy atom. The van der Waals surface area contributed by atoms with Crippen LogP contribution in [0.25, 0.3) is 44.8 Å². The Kier molecular flexibility index (Phi) is 4.02. The van der Waals surface area contributed by atoms with E-state index in [-0.39, 0.29) is 0 Å². The molecule has 0 unspecified atom stereocenters. The van der Waals surface area contributed by atoms with Crippen LogP contribution in [-0.2, 0) is 6.54 Å². The molecule has 0 aliphatic rings. The molecule has 5 aromatic heterocycles. The van der Waals surface area contributed by atoms with Crippen LogP contribution in [-0.4, -0.2) is 41.7 Å². The molecule has 0 fully saturated rings. The third kappa shape index (κ3) is 2.89. The third-order valence-electron chi connectivity index (χ3n) is 4.60. The molecule has 0 saturated carbocycles. The molecule has 3 N–H and O–H groups in total. The SMILES string of the molecule is CCNCc1cncc(-c2cnc3[nH]nc(-c4nc5cccnc5[nH]4)c3c2)c1. The number of fused-ring (bicyclic) bond motifs is 2. The molecule has 0 bridgehead atoms. The normalized spacial score (nSPS) is 11.5. The van der Waals surface area contributed by atoms with Gasteiger partial charge in [-0.1, -0.05) is 6.92 Å².